The van der Waals surface area contributed by atoms with Crippen molar-refractivity contribution in [1.29, 1.82) is 0 Å². The van der Waals surface area contributed by atoms with E-state index < -0.39 is 15.1 Å². The number of sulfone groups is 1. The second-order valence-electron chi connectivity index (χ2n) is 5.17. The van der Waals surface area contributed by atoms with E-state index in [1.165, 1.54) is 0 Å². The summed E-state index contributed by atoms with van der Waals surface area (Å²) in [6.45, 7) is 0. The van der Waals surface area contributed by atoms with Crippen LogP contribution in [0.3, 0.4) is 0 Å². The number of halogens is 1. The van der Waals surface area contributed by atoms with Crippen LogP contribution in [-0.4, -0.2) is 19.3 Å². The monoisotopic (exact) mass is 370 g/mol. The Hall–Kier alpha value is -1.34. The molecule has 0 saturated carbocycles. The first-order chi connectivity index (χ1) is 9.99. The van der Waals surface area contributed by atoms with Gasteiger partial charge in [0.25, 0.3) is 0 Å². The maximum Gasteiger partial charge on any atom is 0.230 e. The molecule has 7 heteroatoms. The molecule has 3 rings (SSSR count). The van der Waals surface area contributed by atoms with Crippen molar-refractivity contribution in [2.24, 2.45) is 0 Å². The van der Waals surface area contributed by atoms with Gasteiger partial charge in [-0.2, -0.15) is 0 Å². The molecule has 2 N–H and O–H groups in total. The van der Waals surface area contributed by atoms with Crippen LogP contribution in [0.5, 0.6) is 0 Å². The smallest absolute Gasteiger partial charge is 0.230 e. The van der Waals surface area contributed by atoms with Gasteiger partial charge in [-0.3, -0.25) is 0 Å². The molecule has 2 aromatic rings. The summed E-state index contributed by atoms with van der Waals surface area (Å²) in [4.78, 5) is 0. The number of aromatic nitrogens is 1. The molecular weight excluding hydrogens is 356 g/mol. The van der Waals surface area contributed by atoms with Gasteiger partial charge in [-0.25, -0.2) is 8.42 Å². The fourth-order valence-electron chi connectivity index (χ4n) is 2.73. The Kier molecular flexibility index (Phi) is 3.79. The van der Waals surface area contributed by atoms with E-state index in [-0.39, 0.29) is 11.6 Å². The molecule has 21 heavy (non-hydrogen) atoms. The lowest BCUT2D eigenvalue weighted by atomic mass is 10.0. The second kappa shape index (κ2) is 5.46. The zero-order valence-corrected chi connectivity index (χ0v) is 13.7. The molecule has 1 atom stereocenters. The standard InChI is InChI=1S/C14H15BrN2O3S/c15-10-5-3-4-9(8-10)12-13(17-20-14(12)16)11-6-1-2-7-21(11,18)19/h3-5,8,11H,1-2,6-7,16H2. The van der Waals surface area contributed by atoms with Gasteiger partial charge >= 0.3 is 0 Å². The Morgan fingerprint density at radius 3 is 2.86 bits per heavy atom. The SMILES string of the molecule is Nc1onc(C2CCCCS2(=O)=O)c1-c1cccc(Br)c1. The van der Waals surface area contributed by atoms with Crippen LogP contribution in [0.2, 0.25) is 0 Å². The van der Waals surface area contributed by atoms with Gasteiger partial charge in [0.05, 0.1) is 11.3 Å². The molecule has 0 amide bonds. The lowest BCUT2D eigenvalue weighted by Crippen LogP contribution is -2.22. The lowest BCUT2D eigenvalue weighted by Gasteiger charge is -2.21. The van der Waals surface area contributed by atoms with E-state index in [9.17, 15) is 8.42 Å². The summed E-state index contributed by atoms with van der Waals surface area (Å²) in [6, 6.07) is 7.50. The molecule has 0 spiro atoms. The highest BCUT2D eigenvalue weighted by Gasteiger charge is 2.35. The largest absolute Gasteiger partial charge is 0.367 e. The lowest BCUT2D eigenvalue weighted by molar-refractivity contribution is 0.421. The molecule has 1 aromatic heterocycles. The highest BCUT2D eigenvalue weighted by Crippen LogP contribution is 2.41. The number of nitrogen functional groups attached to an aromatic ring is 1. The van der Waals surface area contributed by atoms with Crippen molar-refractivity contribution in [2.45, 2.75) is 24.5 Å². The van der Waals surface area contributed by atoms with Crippen LogP contribution in [0.4, 0.5) is 5.88 Å². The third kappa shape index (κ3) is 2.72. The summed E-state index contributed by atoms with van der Waals surface area (Å²) < 4.78 is 30.6. The maximum atomic E-state index is 12.3. The highest BCUT2D eigenvalue weighted by molar-refractivity contribution is 9.10. The van der Waals surface area contributed by atoms with E-state index in [4.69, 9.17) is 10.3 Å². The number of anilines is 1. The fourth-order valence-corrected chi connectivity index (χ4v) is 5.05. The van der Waals surface area contributed by atoms with Crippen molar-refractivity contribution in [1.82, 2.24) is 5.16 Å². The van der Waals surface area contributed by atoms with E-state index >= 15 is 0 Å². The van der Waals surface area contributed by atoms with Crippen LogP contribution in [0.25, 0.3) is 11.1 Å². The van der Waals surface area contributed by atoms with Gasteiger partial charge in [0.1, 0.15) is 10.9 Å². The molecule has 0 radical (unpaired) electrons. The minimum Gasteiger partial charge on any atom is -0.367 e. The molecular formula is C14H15BrN2O3S. The molecule has 112 valence electrons. The first-order valence-corrected chi connectivity index (χ1v) is 9.22. The third-order valence-electron chi connectivity index (χ3n) is 3.74. The average Bonchev–Trinajstić information content (AvgIpc) is 2.80. The van der Waals surface area contributed by atoms with Crippen molar-refractivity contribution in [2.75, 3.05) is 11.5 Å². The molecule has 1 saturated heterocycles. The van der Waals surface area contributed by atoms with Crippen LogP contribution < -0.4 is 5.73 Å². The minimum atomic E-state index is -3.19. The Labute approximate surface area is 131 Å². The molecule has 0 bridgehead atoms. The number of nitrogens with two attached hydrogens (primary N) is 1. The summed E-state index contributed by atoms with van der Waals surface area (Å²) in [6.07, 6.45) is 2.14. The summed E-state index contributed by atoms with van der Waals surface area (Å²) in [5, 5.41) is 3.32. The molecule has 5 nitrogen and oxygen atoms in total. The van der Waals surface area contributed by atoms with Crippen molar-refractivity contribution >= 4 is 31.7 Å². The maximum absolute atomic E-state index is 12.3. The molecule has 1 aromatic carbocycles. The number of hydrogen-bond donors (Lipinski definition) is 1. The summed E-state index contributed by atoms with van der Waals surface area (Å²) in [5.41, 5.74) is 7.71. The fraction of sp³-hybridized carbons (Fsp3) is 0.357. The van der Waals surface area contributed by atoms with E-state index in [0.29, 0.717) is 24.1 Å². The number of benzene rings is 1. The quantitative estimate of drug-likeness (QED) is 0.875. The van der Waals surface area contributed by atoms with E-state index in [2.05, 4.69) is 21.1 Å². The van der Waals surface area contributed by atoms with Crippen molar-refractivity contribution in [3.63, 3.8) is 0 Å². The molecule has 2 heterocycles. The second-order valence-corrected chi connectivity index (χ2v) is 8.39. The van der Waals surface area contributed by atoms with E-state index in [1.54, 1.807) is 0 Å². The molecule has 1 aliphatic rings. The molecule has 1 fully saturated rings. The topological polar surface area (TPSA) is 86.2 Å². The van der Waals surface area contributed by atoms with Crippen LogP contribution in [0.15, 0.2) is 33.3 Å². The normalized spacial score (nSPS) is 21.3. The summed E-state index contributed by atoms with van der Waals surface area (Å²) >= 11 is 3.41. The van der Waals surface area contributed by atoms with Gasteiger partial charge in [-0.15, -0.1) is 0 Å². The summed E-state index contributed by atoms with van der Waals surface area (Å²) in [5.74, 6) is 0.353. The van der Waals surface area contributed by atoms with Crippen molar-refractivity contribution in [3.05, 3.63) is 34.4 Å². The molecule has 1 aliphatic heterocycles. The number of hydrogen-bond acceptors (Lipinski definition) is 5. The van der Waals surface area contributed by atoms with E-state index in [0.717, 1.165) is 16.5 Å². The van der Waals surface area contributed by atoms with Gasteiger partial charge in [-0.05, 0) is 30.5 Å². The Morgan fingerprint density at radius 2 is 2.14 bits per heavy atom. The van der Waals surface area contributed by atoms with Crippen LogP contribution in [0, 0.1) is 0 Å². The van der Waals surface area contributed by atoms with Crippen LogP contribution in [-0.2, 0) is 9.84 Å². The third-order valence-corrected chi connectivity index (χ3v) is 6.42. The van der Waals surface area contributed by atoms with Gasteiger partial charge in [-0.1, -0.05) is 39.6 Å². The van der Waals surface area contributed by atoms with Crippen molar-refractivity contribution < 1.29 is 12.9 Å². The van der Waals surface area contributed by atoms with Gasteiger partial charge < -0.3 is 10.3 Å². The predicted octanol–water partition coefficient (Wildman–Crippen LogP) is 3.33. The number of nitrogens with zero attached hydrogens (tertiary/aromatic N) is 1. The molecule has 0 aliphatic carbocycles. The van der Waals surface area contributed by atoms with Crippen molar-refractivity contribution in [3.8, 4) is 11.1 Å². The number of rotatable bonds is 2. The van der Waals surface area contributed by atoms with Gasteiger partial charge in [0.2, 0.25) is 5.88 Å². The first-order valence-electron chi connectivity index (χ1n) is 6.71. The Balaban J connectivity index is 2.13. The first kappa shape index (κ1) is 14.6. The predicted molar refractivity (Wildman–Crippen MR) is 84.4 cm³/mol. The van der Waals surface area contributed by atoms with Gasteiger partial charge in [0.15, 0.2) is 9.84 Å². The zero-order chi connectivity index (χ0) is 15.0. The summed E-state index contributed by atoms with van der Waals surface area (Å²) in [7, 11) is -3.19. The highest BCUT2D eigenvalue weighted by atomic mass is 79.9. The van der Waals surface area contributed by atoms with Crippen LogP contribution >= 0.6 is 15.9 Å². The zero-order valence-electron chi connectivity index (χ0n) is 11.3. The van der Waals surface area contributed by atoms with E-state index in [1.807, 2.05) is 24.3 Å². The minimum absolute atomic E-state index is 0.156. The van der Waals surface area contributed by atoms with Crippen LogP contribution in [0.1, 0.15) is 30.2 Å². The average molecular weight is 371 g/mol. The Bertz CT molecular complexity index is 770. The Morgan fingerprint density at radius 1 is 1.33 bits per heavy atom. The van der Waals surface area contributed by atoms with Gasteiger partial charge in [0, 0.05) is 4.47 Å². The molecule has 1 unspecified atom stereocenters.